The van der Waals surface area contributed by atoms with Crippen molar-refractivity contribution < 1.29 is 18.7 Å². The molecule has 12 heavy (non-hydrogen) atoms. The molecule has 1 aliphatic heterocycles. The fourth-order valence-electron chi connectivity index (χ4n) is 1.05. The highest BCUT2D eigenvalue weighted by Crippen LogP contribution is 2.27. The van der Waals surface area contributed by atoms with Gasteiger partial charge in [-0.05, 0) is 6.42 Å². The Balaban J connectivity index is 2.38. The van der Waals surface area contributed by atoms with Crippen molar-refractivity contribution in [3.63, 3.8) is 0 Å². The Morgan fingerprint density at radius 1 is 1.67 bits per heavy atom. The molecule has 1 N–H and O–H groups in total. The van der Waals surface area contributed by atoms with Crippen molar-refractivity contribution in [2.24, 2.45) is 0 Å². The number of likely N-dealkylation sites (tertiary alicyclic amines) is 1. The molecule has 0 spiro atoms. The topological polar surface area (TPSA) is 40.5 Å². The largest absolute Gasteiger partial charge is 0.383 e. The summed E-state index contributed by atoms with van der Waals surface area (Å²) in [5.74, 6) is -3.34. The Hall–Kier alpha value is -0.710. The monoisotopic (exact) mass is 179 g/mol. The van der Waals surface area contributed by atoms with Gasteiger partial charge in [0.1, 0.15) is 6.10 Å². The smallest absolute Gasteiger partial charge is 0.282 e. The number of alkyl halides is 2. The van der Waals surface area contributed by atoms with Gasteiger partial charge in [-0.25, -0.2) is 8.78 Å². The van der Waals surface area contributed by atoms with Crippen molar-refractivity contribution in [1.82, 2.24) is 4.90 Å². The van der Waals surface area contributed by atoms with E-state index >= 15 is 0 Å². The molecule has 0 aliphatic carbocycles. The molecule has 1 amide bonds. The SMILES string of the molecule is CCC(O)C(=O)N1CC(F)(F)C1. The second-order valence-corrected chi connectivity index (χ2v) is 2.97. The Morgan fingerprint density at radius 3 is 2.50 bits per heavy atom. The summed E-state index contributed by atoms with van der Waals surface area (Å²) in [5, 5.41) is 9.00. The van der Waals surface area contributed by atoms with E-state index in [9.17, 15) is 13.6 Å². The van der Waals surface area contributed by atoms with E-state index < -0.39 is 31.0 Å². The Morgan fingerprint density at radius 2 is 2.17 bits per heavy atom. The Labute approximate surface area is 69.0 Å². The average Bonchev–Trinajstić information content (AvgIpc) is 1.97. The summed E-state index contributed by atoms with van der Waals surface area (Å²) in [5.41, 5.74) is 0. The molecule has 1 unspecified atom stereocenters. The molecule has 5 heteroatoms. The average molecular weight is 179 g/mol. The van der Waals surface area contributed by atoms with Crippen LogP contribution in [0.3, 0.4) is 0 Å². The van der Waals surface area contributed by atoms with Crippen molar-refractivity contribution in [3.05, 3.63) is 0 Å². The van der Waals surface area contributed by atoms with Gasteiger partial charge in [-0.3, -0.25) is 4.79 Å². The lowest BCUT2D eigenvalue weighted by Crippen LogP contribution is -2.60. The third-order valence-corrected chi connectivity index (χ3v) is 1.83. The van der Waals surface area contributed by atoms with Crippen LogP contribution in [0.4, 0.5) is 8.78 Å². The molecular formula is C7H11F2NO2. The molecule has 0 aromatic carbocycles. The minimum atomic E-state index is -2.75. The number of nitrogens with zero attached hydrogens (tertiary/aromatic N) is 1. The van der Waals surface area contributed by atoms with Gasteiger partial charge in [-0.2, -0.15) is 0 Å². The first-order valence-electron chi connectivity index (χ1n) is 3.81. The van der Waals surface area contributed by atoms with Crippen LogP contribution in [-0.4, -0.2) is 41.0 Å². The number of rotatable bonds is 2. The molecule has 1 saturated heterocycles. The number of aliphatic hydroxyl groups excluding tert-OH is 1. The Kier molecular flexibility index (Phi) is 2.32. The summed E-state index contributed by atoms with van der Waals surface area (Å²) in [6.07, 6.45) is -0.859. The third-order valence-electron chi connectivity index (χ3n) is 1.83. The fraction of sp³-hybridized carbons (Fsp3) is 0.857. The van der Waals surface area contributed by atoms with Crippen molar-refractivity contribution in [2.45, 2.75) is 25.4 Å². The molecule has 1 fully saturated rings. The maximum absolute atomic E-state index is 12.2. The zero-order chi connectivity index (χ0) is 9.35. The maximum atomic E-state index is 12.2. The number of carbonyl (C=O) groups excluding carboxylic acids is 1. The standard InChI is InChI=1S/C7H11F2NO2/c1-2-5(11)6(12)10-3-7(8,9)4-10/h5,11H,2-4H2,1H3. The number of hydrogen-bond donors (Lipinski definition) is 1. The minimum Gasteiger partial charge on any atom is -0.383 e. The van der Waals surface area contributed by atoms with E-state index in [4.69, 9.17) is 5.11 Å². The van der Waals surface area contributed by atoms with E-state index in [1.54, 1.807) is 6.92 Å². The number of halogens is 2. The molecule has 0 aromatic rings. The maximum Gasteiger partial charge on any atom is 0.282 e. The van der Waals surface area contributed by atoms with Crippen molar-refractivity contribution in [3.8, 4) is 0 Å². The first-order valence-corrected chi connectivity index (χ1v) is 3.81. The van der Waals surface area contributed by atoms with Crippen molar-refractivity contribution >= 4 is 5.91 Å². The summed E-state index contributed by atoms with van der Waals surface area (Å²) in [7, 11) is 0. The third kappa shape index (κ3) is 1.72. The van der Waals surface area contributed by atoms with E-state index in [-0.39, 0.29) is 6.42 Å². The minimum absolute atomic E-state index is 0.265. The fourth-order valence-corrected chi connectivity index (χ4v) is 1.05. The quantitative estimate of drug-likeness (QED) is 0.659. The van der Waals surface area contributed by atoms with Crippen LogP contribution in [0.2, 0.25) is 0 Å². The molecule has 0 saturated carbocycles. The van der Waals surface area contributed by atoms with Gasteiger partial charge in [0.05, 0.1) is 13.1 Å². The normalized spacial score (nSPS) is 23.2. The zero-order valence-electron chi connectivity index (χ0n) is 6.76. The summed E-state index contributed by atoms with van der Waals surface area (Å²) in [6.45, 7) is 0.520. The second-order valence-electron chi connectivity index (χ2n) is 2.97. The predicted molar refractivity (Wildman–Crippen MR) is 37.8 cm³/mol. The van der Waals surface area contributed by atoms with Gasteiger partial charge in [-0.15, -0.1) is 0 Å². The van der Waals surface area contributed by atoms with E-state index in [1.165, 1.54) is 0 Å². The number of amides is 1. The molecule has 1 rings (SSSR count). The van der Waals surface area contributed by atoms with E-state index in [1.807, 2.05) is 0 Å². The highest BCUT2D eigenvalue weighted by molar-refractivity contribution is 5.81. The number of carbonyl (C=O) groups is 1. The van der Waals surface area contributed by atoms with Gasteiger partial charge in [0.15, 0.2) is 0 Å². The van der Waals surface area contributed by atoms with Gasteiger partial charge < -0.3 is 10.0 Å². The number of hydrogen-bond acceptors (Lipinski definition) is 2. The first-order chi connectivity index (χ1) is 5.46. The van der Waals surface area contributed by atoms with E-state index in [0.29, 0.717) is 0 Å². The van der Waals surface area contributed by atoms with Crippen LogP contribution in [0.15, 0.2) is 0 Å². The molecule has 0 radical (unpaired) electrons. The summed E-state index contributed by atoms with van der Waals surface area (Å²) >= 11 is 0. The molecule has 3 nitrogen and oxygen atoms in total. The molecule has 1 aliphatic rings. The van der Waals surface area contributed by atoms with Gasteiger partial charge in [0, 0.05) is 0 Å². The second kappa shape index (κ2) is 2.97. The molecular weight excluding hydrogens is 168 g/mol. The lowest BCUT2D eigenvalue weighted by molar-refractivity contribution is -0.173. The van der Waals surface area contributed by atoms with Gasteiger partial charge in [-0.1, -0.05) is 6.92 Å². The first kappa shape index (κ1) is 9.38. The van der Waals surface area contributed by atoms with Crippen LogP contribution >= 0.6 is 0 Å². The molecule has 1 atom stereocenters. The zero-order valence-corrected chi connectivity index (χ0v) is 6.76. The predicted octanol–water partition coefficient (Wildman–Crippen LogP) is 0.235. The summed E-state index contributed by atoms with van der Waals surface area (Å²) < 4.78 is 24.5. The molecule has 0 bridgehead atoms. The lowest BCUT2D eigenvalue weighted by atomic mass is 10.1. The Bertz CT molecular complexity index is 188. The molecule has 0 aromatic heterocycles. The van der Waals surface area contributed by atoms with Crippen LogP contribution in [-0.2, 0) is 4.79 Å². The van der Waals surface area contributed by atoms with E-state index in [2.05, 4.69) is 0 Å². The van der Waals surface area contributed by atoms with Crippen LogP contribution in [0.1, 0.15) is 13.3 Å². The number of aliphatic hydroxyl groups is 1. The van der Waals surface area contributed by atoms with Crippen molar-refractivity contribution in [2.75, 3.05) is 13.1 Å². The van der Waals surface area contributed by atoms with Gasteiger partial charge in [0.2, 0.25) is 0 Å². The highest BCUT2D eigenvalue weighted by atomic mass is 19.3. The highest BCUT2D eigenvalue weighted by Gasteiger charge is 2.47. The van der Waals surface area contributed by atoms with Gasteiger partial charge in [0.25, 0.3) is 11.8 Å². The van der Waals surface area contributed by atoms with Crippen LogP contribution < -0.4 is 0 Å². The van der Waals surface area contributed by atoms with Crippen LogP contribution in [0.5, 0.6) is 0 Å². The van der Waals surface area contributed by atoms with Gasteiger partial charge >= 0.3 is 0 Å². The molecule has 70 valence electrons. The lowest BCUT2D eigenvalue weighted by Gasteiger charge is -2.39. The summed E-state index contributed by atoms with van der Waals surface area (Å²) in [4.78, 5) is 12.0. The van der Waals surface area contributed by atoms with Crippen LogP contribution in [0.25, 0.3) is 0 Å². The molecule has 1 heterocycles. The van der Waals surface area contributed by atoms with E-state index in [0.717, 1.165) is 4.90 Å². The van der Waals surface area contributed by atoms with Crippen molar-refractivity contribution in [1.29, 1.82) is 0 Å². The summed E-state index contributed by atoms with van der Waals surface area (Å²) in [6, 6.07) is 0. The van der Waals surface area contributed by atoms with Crippen LogP contribution in [0, 0.1) is 0 Å².